The number of thiophene rings is 1. The molecule has 0 radical (unpaired) electrons. The summed E-state index contributed by atoms with van der Waals surface area (Å²) < 4.78 is 28.4. The Balaban J connectivity index is 2.01. The van der Waals surface area contributed by atoms with Gasteiger partial charge in [-0.05, 0) is 42.3 Å². The monoisotopic (exact) mass is 359 g/mol. The van der Waals surface area contributed by atoms with Crippen LogP contribution in [0.25, 0.3) is 10.4 Å². The molecular weight excluding hydrogens is 342 g/mol. The van der Waals surface area contributed by atoms with Gasteiger partial charge in [-0.15, -0.1) is 11.3 Å². The van der Waals surface area contributed by atoms with Gasteiger partial charge < -0.3 is 4.74 Å². The minimum Gasteiger partial charge on any atom is -0.497 e. The molecule has 1 aromatic heterocycles. The number of anilines is 2. The van der Waals surface area contributed by atoms with Gasteiger partial charge in [-0.3, -0.25) is 4.55 Å². The van der Waals surface area contributed by atoms with Crippen LogP contribution in [-0.4, -0.2) is 15.9 Å². The lowest BCUT2D eigenvalue weighted by Gasteiger charge is -2.20. The molecular formula is C18H17NO3S2. The first-order valence-electron chi connectivity index (χ1n) is 7.30. The van der Waals surface area contributed by atoms with E-state index in [1.807, 2.05) is 66.9 Å². The molecule has 1 N–H and O–H groups in total. The van der Waals surface area contributed by atoms with Gasteiger partial charge in [0.15, 0.2) is 0 Å². The molecule has 1 atom stereocenters. The topological polar surface area (TPSA) is 49.8 Å². The highest BCUT2D eigenvalue weighted by Crippen LogP contribution is 2.37. The van der Waals surface area contributed by atoms with Crippen molar-refractivity contribution in [1.82, 2.24) is 0 Å². The summed E-state index contributed by atoms with van der Waals surface area (Å²) >= 11 is -0.624. The van der Waals surface area contributed by atoms with Crippen LogP contribution in [0.4, 0.5) is 11.4 Å². The molecule has 24 heavy (non-hydrogen) atoms. The third kappa shape index (κ3) is 3.36. The number of methoxy groups -OCH3 is 1. The Morgan fingerprint density at radius 2 is 1.92 bits per heavy atom. The molecule has 0 bridgehead atoms. The molecule has 0 aliphatic heterocycles. The molecule has 0 fully saturated rings. The van der Waals surface area contributed by atoms with Gasteiger partial charge in [0, 0.05) is 10.3 Å². The van der Waals surface area contributed by atoms with Crippen LogP contribution in [0.2, 0.25) is 0 Å². The molecule has 4 nitrogen and oxygen atoms in total. The maximum atomic E-state index is 11.9. The van der Waals surface area contributed by atoms with Crippen LogP contribution in [0.1, 0.15) is 5.56 Å². The lowest BCUT2D eigenvalue weighted by atomic mass is 10.1. The maximum Gasteiger partial charge on any atom is 0.266 e. The predicted octanol–water partition coefficient (Wildman–Crippen LogP) is 5.01. The normalized spacial score (nSPS) is 12.0. The van der Waals surface area contributed by atoms with E-state index in [2.05, 4.69) is 0 Å². The first kappa shape index (κ1) is 16.7. The van der Waals surface area contributed by atoms with Gasteiger partial charge in [0.25, 0.3) is 11.3 Å². The van der Waals surface area contributed by atoms with E-state index < -0.39 is 11.3 Å². The van der Waals surface area contributed by atoms with Gasteiger partial charge in [0.1, 0.15) is 5.75 Å². The highest BCUT2D eigenvalue weighted by atomic mass is 32.2. The summed E-state index contributed by atoms with van der Waals surface area (Å²) in [6.07, 6.45) is 0. The van der Waals surface area contributed by atoms with Crippen LogP contribution in [0.3, 0.4) is 0 Å². The first-order chi connectivity index (χ1) is 11.6. The van der Waals surface area contributed by atoms with Crippen molar-refractivity contribution in [1.29, 1.82) is 0 Å². The van der Waals surface area contributed by atoms with Crippen LogP contribution >= 0.6 is 11.3 Å². The van der Waals surface area contributed by atoms with Crippen molar-refractivity contribution in [2.45, 2.75) is 6.92 Å². The number of rotatable bonds is 5. The number of hydrogen-bond acceptors (Lipinski definition) is 3. The van der Waals surface area contributed by atoms with E-state index in [4.69, 9.17) is 4.74 Å². The molecule has 0 saturated carbocycles. The molecule has 3 rings (SSSR count). The number of aryl methyl sites for hydroxylation is 1. The second-order valence-electron chi connectivity index (χ2n) is 5.21. The van der Waals surface area contributed by atoms with Crippen molar-refractivity contribution >= 4 is 34.0 Å². The fourth-order valence-electron chi connectivity index (χ4n) is 2.47. The van der Waals surface area contributed by atoms with Crippen LogP contribution < -0.4 is 9.04 Å². The average Bonchev–Trinajstić information content (AvgIpc) is 3.06. The highest BCUT2D eigenvalue weighted by molar-refractivity contribution is 7.81. The zero-order valence-corrected chi connectivity index (χ0v) is 14.9. The molecule has 124 valence electrons. The number of benzene rings is 2. The summed E-state index contributed by atoms with van der Waals surface area (Å²) in [4.78, 5) is 1.01. The average molecular weight is 359 g/mol. The third-order valence-corrected chi connectivity index (χ3v) is 5.35. The van der Waals surface area contributed by atoms with Gasteiger partial charge in [0.2, 0.25) is 0 Å². The lowest BCUT2D eigenvalue weighted by Crippen LogP contribution is -2.19. The molecule has 0 saturated heterocycles. The SMILES string of the molecule is COc1cccc(-c2cc(N(c3ccccc3C)S(=O)O)cs2)c1. The van der Waals surface area contributed by atoms with Crippen LogP contribution in [0, 0.1) is 6.92 Å². The fourth-order valence-corrected chi connectivity index (χ4v) is 4.06. The molecule has 2 aromatic carbocycles. The molecule has 0 aliphatic carbocycles. The molecule has 3 aromatic rings. The molecule has 6 heteroatoms. The number of para-hydroxylation sites is 1. The van der Waals surface area contributed by atoms with Crippen LogP contribution in [-0.2, 0) is 11.3 Å². The smallest absolute Gasteiger partial charge is 0.266 e. The Bertz CT molecular complexity index is 876. The van der Waals surface area contributed by atoms with Crippen molar-refractivity contribution in [3.63, 3.8) is 0 Å². The number of hydrogen-bond donors (Lipinski definition) is 1. The van der Waals surface area contributed by atoms with Crippen LogP contribution in [0.5, 0.6) is 5.75 Å². The van der Waals surface area contributed by atoms with Gasteiger partial charge >= 0.3 is 0 Å². The van der Waals surface area contributed by atoms with Crippen molar-refractivity contribution < 1.29 is 13.5 Å². The molecule has 0 aliphatic rings. The molecule has 0 spiro atoms. The molecule has 1 heterocycles. The van der Waals surface area contributed by atoms with Crippen molar-refractivity contribution in [2.75, 3.05) is 11.4 Å². The summed E-state index contributed by atoms with van der Waals surface area (Å²) in [5.74, 6) is 0.781. The molecule has 0 amide bonds. The molecule has 1 unspecified atom stereocenters. The van der Waals surface area contributed by atoms with Gasteiger partial charge in [0.05, 0.1) is 18.5 Å². The lowest BCUT2D eigenvalue weighted by molar-refractivity contribution is 0.415. The predicted molar refractivity (Wildman–Crippen MR) is 100 cm³/mol. The number of nitrogens with zero attached hydrogens (tertiary/aromatic N) is 1. The maximum absolute atomic E-state index is 11.9. The zero-order valence-electron chi connectivity index (χ0n) is 13.3. The van der Waals surface area contributed by atoms with Crippen LogP contribution in [0.15, 0.2) is 60.0 Å². The summed E-state index contributed by atoms with van der Waals surface area (Å²) in [6, 6.07) is 17.2. The van der Waals surface area contributed by atoms with Crippen molar-refractivity contribution in [3.05, 3.63) is 65.5 Å². The highest BCUT2D eigenvalue weighted by Gasteiger charge is 2.18. The van der Waals surface area contributed by atoms with E-state index >= 15 is 0 Å². The van der Waals surface area contributed by atoms with Gasteiger partial charge in [-0.1, -0.05) is 30.3 Å². The Hall–Kier alpha value is -2.15. The minimum absolute atomic E-state index is 0.688. The van der Waals surface area contributed by atoms with Crippen molar-refractivity contribution in [2.24, 2.45) is 0 Å². The second-order valence-corrected chi connectivity index (χ2v) is 6.95. The van der Waals surface area contributed by atoms with E-state index in [0.717, 1.165) is 21.8 Å². The fraction of sp³-hybridized carbons (Fsp3) is 0.111. The van der Waals surface area contributed by atoms with Crippen molar-refractivity contribution in [3.8, 4) is 16.2 Å². The quantitative estimate of drug-likeness (QED) is 0.652. The third-order valence-electron chi connectivity index (χ3n) is 3.66. The minimum atomic E-state index is -2.15. The summed E-state index contributed by atoms with van der Waals surface area (Å²) in [6.45, 7) is 1.92. The number of ether oxygens (including phenoxy) is 1. The first-order valence-corrected chi connectivity index (χ1v) is 9.24. The zero-order chi connectivity index (χ0) is 17.1. The van der Waals surface area contributed by atoms with E-state index in [1.165, 1.54) is 15.6 Å². The second kappa shape index (κ2) is 7.17. The Labute approximate surface area is 147 Å². The summed E-state index contributed by atoms with van der Waals surface area (Å²) in [5.41, 5.74) is 3.36. The Morgan fingerprint density at radius 3 is 2.62 bits per heavy atom. The summed E-state index contributed by atoms with van der Waals surface area (Å²) in [5, 5.41) is 1.88. The summed E-state index contributed by atoms with van der Waals surface area (Å²) in [7, 11) is 1.63. The van der Waals surface area contributed by atoms with E-state index in [-0.39, 0.29) is 0 Å². The standard InChI is InChI=1S/C18H17NO3S2/c1-13-6-3-4-9-17(13)19(24(20)21)15-11-18(23-12-15)14-7-5-8-16(10-14)22-2/h3-12H,1-2H3,(H,20,21). The van der Waals surface area contributed by atoms with Gasteiger partial charge in [-0.2, -0.15) is 0 Å². The van der Waals surface area contributed by atoms with E-state index in [9.17, 15) is 8.76 Å². The van der Waals surface area contributed by atoms with Gasteiger partial charge in [-0.25, -0.2) is 8.51 Å². The Morgan fingerprint density at radius 1 is 1.12 bits per heavy atom. The van der Waals surface area contributed by atoms with E-state index in [0.29, 0.717) is 11.4 Å². The van der Waals surface area contributed by atoms with E-state index in [1.54, 1.807) is 7.11 Å². The Kier molecular flexibility index (Phi) is 4.99. The largest absolute Gasteiger partial charge is 0.497 e.